The summed E-state index contributed by atoms with van der Waals surface area (Å²) in [6, 6.07) is 0. The van der Waals surface area contributed by atoms with E-state index in [4.69, 9.17) is 28.4 Å². The minimum atomic E-state index is -0.781. The molecule has 0 heterocycles. The van der Waals surface area contributed by atoms with E-state index in [0.717, 1.165) is 103 Å². The molecule has 1 unspecified atom stereocenters. The second kappa shape index (κ2) is 44.6. The summed E-state index contributed by atoms with van der Waals surface area (Å²) >= 11 is 0. The maximum Gasteiger partial charge on any atom is 0.508 e. The van der Waals surface area contributed by atoms with Crippen LogP contribution in [0.1, 0.15) is 181 Å². The van der Waals surface area contributed by atoms with Crippen molar-refractivity contribution in [2.24, 2.45) is 0 Å². The van der Waals surface area contributed by atoms with Crippen molar-refractivity contribution in [3.63, 3.8) is 0 Å². The Hall–Kier alpha value is -2.95. The van der Waals surface area contributed by atoms with Gasteiger partial charge < -0.3 is 33.3 Å². The van der Waals surface area contributed by atoms with Gasteiger partial charge in [0.1, 0.15) is 6.10 Å². The normalized spacial score (nSPS) is 12.5. The Kier molecular flexibility index (Phi) is 42.4. The van der Waals surface area contributed by atoms with Crippen molar-refractivity contribution in [2.75, 3.05) is 53.7 Å². The van der Waals surface area contributed by atoms with Gasteiger partial charge in [-0.05, 0) is 110 Å². The summed E-state index contributed by atoms with van der Waals surface area (Å²) in [5.41, 5.74) is 0. The molecule has 0 aromatic carbocycles. The van der Waals surface area contributed by atoms with Crippen LogP contribution >= 0.6 is 0 Å². The largest absolute Gasteiger partial charge is 0.508 e. The predicted octanol–water partition coefficient (Wildman–Crippen LogP) is 12.6. The average molecular weight is 834 g/mol. The van der Waals surface area contributed by atoms with E-state index in [-0.39, 0.29) is 51.0 Å². The first-order chi connectivity index (χ1) is 28.8. The lowest BCUT2D eigenvalue weighted by molar-refractivity contribution is -0.159. The Bertz CT molecular complexity index is 1060. The Morgan fingerprint density at radius 3 is 1.56 bits per heavy atom. The number of esters is 2. The van der Waals surface area contributed by atoms with E-state index in [1.54, 1.807) is 0 Å². The quantitative estimate of drug-likeness (QED) is 0.0194. The lowest BCUT2D eigenvalue weighted by Crippen LogP contribution is -2.25. The topological polar surface area (TPSA) is 110 Å². The second-order valence-electron chi connectivity index (χ2n) is 15.5. The summed E-state index contributed by atoms with van der Waals surface area (Å²) < 4.78 is 33.9. The Labute approximate surface area is 360 Å². The highest BCUT2D eigenvalue weighted by atomic mass is 16.7. The van der Waals surface area contributed by atoms with Crippen LogP contribution in [0.5, 0.6) is 0 Å². The first-order valence-electron chi connectivity index (χ1n) is 23.4. The summed E-state index contributed by atoms with van der Waals surface area (Å²) in [6.45, 7) is 8.81. The van der Waals surface area contributed by atoms with Gasteiger partial charge in [0.05, 0.1) is 26.2 Å². The zero-order chi connectivity index (χ0) is 43.3. The van der Waals surface area contributed by atoms with Crippen LogP contribution in [0.2, 0.25) is 0 Å². The van der Waals surface area contributed by atoms with Gasteiger partial charge in [0, 0.05) is 45.4 Å². The fourth-order valence-corrected chi connectivity index (χ4v) is 5.98. The van der Waals surface area contributed by atoms with Crippen LogP contribution in [0.15, 0.2) is 48.6 Å². The van der Waals surface area contributed by atoms with Crippen molar-refractivity contribution in [1.29, 1.82) is 0 Å². The molecule has 0 aliphatic carbocycles. The number of ether oxygens (including phenoxy) is 6. The molecule has 0 fully saturated rings. The minimum absolute atomic E-state index is 0.0558. The summed E-state index contributed by atoms with van der Waals surface area (Å²) in [5, 5.41) is 0. The lowest BCUT2D eigenvalue weighted by atomic mass is 10.1. The number of carbonyl (C=O) groups excluding carboxylic acids is 3. The number of nitrogens with zero attached hydrogens (tertiary/aromatic N) is 1. The molecule has 0 radical (unpaired) electrons. The van der Waals surface area contributed by atoms with Gasteiger partial charge in [-0.25, -0.2) is 4.79 Å². The molecule has 10 nitrogen and oxygen atoms in total. The smallest absolute Gasteiger partial charge is 0.466 e. The Balaban J connectivity index is 4.67. The van der Waals surface area contributed by atoms with Crippen molar-refractivity contribution >= 4 is 18.1 Å². The van der Waals surface area contributed by atoms with Gasteiger partial charge in [-0.15, -0.1) is 0 Å². The third-order valence-electron chi connectivity index (χ3n) is 9.50. The van der Waals surface area contributed by atoms with Crippen LogP contribution in [0.25, 0.3) is 0 Å². The van der Waals surface area contributed by atoms with Crippen LogP contribution in [-0.2, 0) is 38.0 Å². The van der Waals surface area contributed by atoms with Crippen LogP contribution in [-0.4, -0.2) is 89.1 Å². The predicted molar refractivity (Wildman–Crippen MR) is 241 cm³/mol. The molecule has 0 spiro atoms. The number of carbonyl (C=O) groups is 3. The number of unbranched alkanes of at least 4 members (excludes halogenated alkanes) is 12. The number of allylic oxidation sites excluding steroid dienone is 8. The van der Waals surface area contributed by atoms with E-state index in [2.05, 4.69) is 69.4 Å². The summed E-state index contributed by atoms with van der Waals surface area (Å²) in [5.74, 6) is -0.627. The molecule has 0 saturated heterocycles. The van der Waals surface area contributed by atoms with Gasteiger partial charge in [0.25, 0.3) is 0 Å². The molecular weight excluding hydrogens is 747 g/mol. The SMILES string of the molecule is CC/C=C\CCCCOC(CCC(=O)OCCC(CCOC(=O)CCCCCCC/C=C\C/C=C\CCCCC)OC(=O)OCCCN(C)C)OCCCC/C=C\CC. The lowest BCUT2D eigenvalue weighted by Gasteiger charge is -2.19. The van der Waals surface area contributed by atoms with Crippen molar-refractivity contribution < 1.29 is 42.8 Å². The van der Waals surface area contributed by atoms with Gasteiger partial charge in [0.2, 0.25) is 0 Å². The molecule has 1 atom stereocenters. The number of rotatable bonds is 42. The van der Waals surface area contributed by atoms with Gasteiger partial charge >= 0.3 is 18.1 Å². The maximum absolute atomic E-state index is 12.8. The fraction of sp³-hybridized carbons (Fsp3) is 0.776. The molecule has 0 aliphatic heterocycles. The standard InChI is InChI=1S/C49H87NO9/c1-6-9-12-15-18-19-20-21-22-23-24-25-26-27-30-34-46(51)54-43-37-45(59-49(53)58-42-33-39-50(4)5)38-44-55-47(52)35-36-48(56-40-31-28-16-13-10-7-2)57-41-32-29-17-14-11-8-3/h10-11,13-14,18-19,21-22,45,48H,6-9,12,15-17,20,23-44H2,1-5H3/b13-10-,14-11-,19-18-,22-21-. The molecule has 342 valence electrons. The van der Waals surface area contributed by atoms with E-state index < -0.39 is 18.5 Å². The number of hydrogen-bond acceptors (Lipinski definition) is 10. The van der Waals surface area contributed by atoms with Crippen LogP contribution < -0.4 is 0 Å². The van der Waals surface area contributed by atoms with E-state index in [9.17, 15) is 14.4 Å². The van der Waals surface area contributed by atoms with Crippen LogP contribution in [0.4, 0.5) is 4.79 Å². The van der Waals surface area contributed by atoms with Gasteiger partial charge in [-0.2, -0.15) is 0 Å². The minimum Gasteiger partial charge on any atom is -0.466 e. The molecule has 10 heteroatoms. The molecule has 0 aliphatic rings. The molecule has 0 bridgehead atoms. The first-order valence-corrected chi connectivity index (χ1v) is 23.4. The average Bonchev–Trinajstić information content (AvgIpc) is 3.21. The highest BCUT2D eigenvalue weighted by molar-refractivity contribution is 5.69. The summed E-state index contributed by atoms with van der Waals surface area (Å²) in [6.07, 6.45) is 38.5. The van der Waals surface area contributed by atoms with Crippen LogP contribution in [0, 0.1) is 0 Å². The monoisotopic (exact) mass is 834 g/mol. The third kappa shape index (κ3) is 43.0. The second-order valence-corrected chi connectivity index (χ2v) is 15.5. The van der Waals surface area contributed by atoms with Crippen LogP contribution in [0.3, 0.4) is 0 Å². The molecule has 0 saturated carbocycles. The van der Waals surface area contributed by atoms with Crippen molar-refractivity contribution in [2.45, 2.75) is 194 Å². The third-order valence-corrected chi connectivity index (χ3v) is 9.50. The van der Waals surface area contributed by atoms with Gasteiger partial charge in [-0.1, -0.05) is 101 Å². The molecule has 0 amide bonds. The van der Waals surface area contributed by atoms with E-state index in [1.165, 1.54) is 25.7 Å². The Morgan fingerprint density at radius 1 is 0.492 bits per heavy atom. The Morgan fingerprint density at radius 2 is 1.00 bits per heavy atom. The summed E-state index contributed by atoms with van der Waals surface area (Å²) in [4.78, 5) is 39.7. The molecule has 0 N–H and O–H groups in total. The zero-order valence-corrected chi connectivity index (χ0v) is 38.3. The zero-order valence-electron chi connectivity index (χ0n) is 38.3. The molecule has 0 aromatic rings. The number of hydrogen-bond donors (Lipinski definition) is 0. The molecule has 59 heavy (non-hydrogen) atoms. The van der Waals surface area contributed by atoms with Crippen molar-refractivity contribution in [3.8, 4) is 0 Å². The van der Waals surface area contributed by atoms with E-state index in [1.807, 2.05) is 19.0 Å². The molecular formula is C49H87NO9. The van der Waals surface area contributed by atoms with Gasteiger partial charge in [0.15, 0.2) is 6.29 Å². The highest BCUT2D eigenvalue weighted by Crippen LogP contribution is 2.13. The summed E-state index contributed by atoms with van der Waals surface area (Å²) in [7, 11) is 3.91. The first kappa shape index (κ1) is 56.0. The highest BCUT2D eigenvalue weighted by Gasteiger charge is 2.19. The maximum atomic E-state index is 12.8. The van der Waals surface area contributed by atoms with Crippen molar-refractivity contribution in [3.05, 3.63) is 48.6 Å². The van der Waals surface area contributed by atoms with E-state index >= 15 is 0 Å². The fourth-order valence-electron chi connectivity index (χ4n) is 5.98. The van der Waals surface area contributed by atoms with E-state index in [0.29, 0.717) is 32.5 Å². The molecule has 0 rings (SSSR count). The van der Waals surface area contributed by atoms with Crippen molar-refractivity contribution in [1.82, 2.24) is 4.90 Å². The molecule has 0 aromatic heterocycles. The van der Waals surface area contributed by atoms with Gasteiger partial charge in [-0.3, -0.25) is 9.59 Å².